The van der Waals surface area contributed by atoms with Gasteiger partial charge in [0.2, 0.25) is 0 Å². The number of hydrogen-bond acceptors (Lipinski definition) is 3. The van der Waals surface area contributed by atoms with Gasteiger partial charge in [0.1, 0.15) is 5.54 Å². The van der Waals surface area contributed by atoms with Gasteiger partial charge in [-0.2, -0.15) is 0 Å². The largest absolute Gasteiger partial charge is 0.478 e. The monoisotopic (exact) mass is 616 g/mol. The van der Waals surface area contributed by atoms with Crippen LogP contribution in [-0.4, -0.2) is 31.7 Å². The van der Waals surface area contributed by atoms with Gasteiger partial charge < -0.3 is 14.8 Å². The Bertz CT molecular complexity index is 1420. The summed E-state index contributed by atoms with van der Waals surface area (Å²) in [5.74, 6) is -2.21. The number of rotatable bonds is 6. The van der Waals surface area contributed by atoms with Crippen molar-refractivity contribution in [2.45, 2.75) is 12.5 Å². The van der Waals surface area contributed by atoms with Crippen LogP contribution < -0.4 is 0 Å². The van der Waals surface area contributed by atoms with Gasteiger partial charge in [-0.15, -0.1) is 0 Å². The van der Waals surface area contributed by atoms with Crippen LogP contribution in [0.4, 0.5) is 0 Å². The molecule has 5 rings (SSSR count). The molecule has 4 aromatic carbocycles. The molecule has 0 saturated carbocycles. The van der Waals surface area contributed by atoms with Crippen LogP contribution in [0.2, 0.25) is 0 Å². The molecular formula is C31H25IN2O4. The fourth-order valence-corrected chi connectivity index (χ4v) is 5.43. The molecular weight excluding hydrogens is 591 g/mol. The zero-order valence-corrected chi connectivity index (χ0v) is 22.7. The number of halogens is 1. The highest BCUT2D eigenvalue weighted by Gasteiger charge is 2.37. The summed E-state index contributed by atoms with van der Waals surface area (Å²) < 4.78 is 2.73. The van der Waals surface area contributed by atoms with Crippen molar-refractivity contribution in [3.63, 3.8) is 0 Å². The third-order valence-electron chi connectivity index (χ3n) is 6.32. The molecule has 7 heteroatoms. The highest BCUT2D eigenvalue weighted by molar-refractivity contribution is 14.1. The summed E-state index contributed by atoms with van der Waals surface area (Å²) in [5.41, 5.74) is 3.56. The Labute approximate surface area is 234 Å². The van der Waals surface area contributed by atoms with E-state index in [-0.39, 0.29) is 16.7 Å². The molecule has 6 nitrogen and oxygen atoms in total. The molecule has 190 valence electrons. The van der Waals surface area contributed by atoms with Crippen molar-refractivity contribution in [2.75, 3.05) is 0 Å². The van der Waals surface area contributed by atoms with Crippen LogP contribution in [0.25, 0.3) is 0 Å². The van der Waals surface area contributed by atoms with Crippen molar-refractivity contribution < 1.29 is 19.8 Å². The van der Waals surface area contributed by atoms with Gasteiger partial charge in [0.25, 0.3) is 0 Å². The first kappa shape index (κ1) is 26.8. The van der Waals surface area contributed by atoms with Gasteiger partial charge in [0.15, 0.2) is 0 Å². The van der Waals surface area contributed by atoms with Crippen LogP contribution in [0.15, 0.2) is 122 Å². The molecule has 0 aliphatic heterocycles. The maximum atomic E-state index is 10.8. The van der Waals surface area contributed by atoms with Crippen LogP contribution in [-0.2, 0) is 5.54 Å². The molecule has 1 heterocycles. The molecule has 1 aromatic heterocycles. The summed E-state index contributed by atoms with van der Waals surface area (Å²) in [7, 11) is 0. The van der Waals surface area contributed by atoms with Crippen molar-refractivity contribution in [1.29, 1.82) is 0 Å². The predicted molar refractivity (Wildman–Crippen MR) is 155 cm³/mol. The second-order valence-corrected chi connectivity index (χ2v) is 9.65. The summed E-state index contributed by atoms with van der Waals surface area (Å²) in [6, 6.07) is 34.7. The molecule has 0 amide bonds. The average Bonchev–Trinajstić information content (AvgIpc) is 3.46. The molecule has 0 spiro atoms. The average molecular weight is 616 g/mol. The number of carboxylic acid groups (broad SMARTS) is 2. The SMILES string of the molecule is Cc1c(C(=O)O)ccc(I)c1C(=O)O.c1ccc(C(c2ccccc2)(c2ccccc2)n2ccnc2)cc1. The van der Waals surface area contributed by atoms with Crippen molar-refractivity contribution in [3.05, 3.63) is 159 Å². The van der Waals surface area contributed by atoms with E-state index in [0.717, 1.165) is 0 Å². The standard InChI is InChI=1S/C22H18N2.C9H7IO4/c1-4-10-19(11-5-1)22(24-17-16-23-18-24,20-12-6-2-7-13-20)21-14-8-3-9-15-21;1-4-5(8(11)12)2-3-6(10)7(4)9(13)14/h1-18H;2-3H,1H3,(H,11,12)(H,13,14). The lowest BCUT2D eigenvalue weighted by Crippen LogP contribution is -2.36. The van der Waals surface area contributed by atoms with Crippen molar-refractivity contribution >= 4 is 34.5 Å². The third kappa shape index (κ3) is 5.24. The first-order chi connectivity index (χ1) is 18.4. The lowest BCUT2D eigenvalue weighted by atomic mass is 9.77. The molecule has 0 bridgehead atoms. The maximum absolute atomic E-state index is 10.8. The zero-order valence-electron chi connectivity index (χ0n) is 20.5. The van der Waals surface area contributed by atoms with Gasteiger partial charge in [-0.05, 0) is 63.9 Å². The number of carbonyl (C=O) groups is 2. The van der Waals surface area contributed by atoms with Crippen molar-refractivity contribution in [2.24, 2.45) is 0 Å². The molecule has 0 atom stereocenters. The molecule has 38 heavy (non-hydrogen) atoms. The molecule has 0 aliphatic carbocycles. The third-order valence-corrected chi connectivity index (χ3v) is 7.22. The molecule has 0 fully saturated rings. The maximum Gasteiger partial charge on any atom is 0.337 e. The normalized spacial score (nSPS) is 10.8. The topological polar surface area (TPSA) is 92.4 Å². The number of nitrogens with zero attached hydrogens (tertiary/aromatic N) is 2. The quantitative estimate of drug-likeness (QED) is 0.163. The van der Waals surface area contributed by atoms with Gasteiger partial charge in [0.05, 0.1) is 17.5 Å². The Morgan fingerprint density at radius 3 is 1.58 bits per heavy atom. The fourth-order valence-electron chi connectivity index (χ4n) is 4.62. The molecule has 2 N–H and O–H groups in total. The minimum absolute atomic E-state index is 0.0304. The van der Waals surface area contributed by atoms with Gasteiger partial charge in [0, 0.05) is 16.0 Å². The van der Waals surface area contributed by atoms with Crippen LogP contribution in [0.3, 0.4) is 0 Å². The molecule has 0 aliphatic rings. The Morgan fingerprint density at radius 1 is 0.737 bits per heavy atom. The fraction of sp³-hybridized carbons (Fsp3) is 0.0645. The summed E-state index contributed by atoms with van der Waals surface area (Å²) in [4.78, 5) is 25.9. The van der Waals surface area contributed by atoms with E-state index < -0.39 is 17.5 Å². The number of imidazole rings is 1. The van der Waals surface area contributed by atoms with Gasteiger partial charge in [-0.25, -0.2) is 14.6 Å². The second-order valence-electron chi connectivity index (χ2n) is 8.48. The summed E-state index contributed by atoms with van der Waals surface area (Å²) in [6.07, 6.45) is 5.77. The Hall–Kier alpha value is -4.24. The smallest absolute Gasteiger partial charge is 0.337 e. The summed E-state index contributed by atoms with van der Waals surface area (Å²) >= 11 is 1.87. The van der Waals surface area contributed by atoms with E-state index in [4.69, 9.17) is 10.2 Å². The lowest BCUT2D eigenvalue weighted by molar-refractivity contribution is 0.0695. The van der Waals surface area contributed by atoms with E-state index in [1.54, 1.807) is 0 Å². The second kappa shape index (κ2) is 11.9. The number of benzene rings is 4. The lowest BCUT2D eigenvalue weighted by Gasteiger charge is -2.37. The number of hydrogen-bond donors (Lipinski definition) is 2. The highest BCUT2D eigenvalue weighted by Crippen LogP contribution is 2.40. The first-order valence-corrected chi connectivity index (χ1v) is 12.9. The van der Waals surface area contributed by atoms with Gasteiger partial charge in [-0.3, -0.25) is 0 Å². The van der Waals surface area contributed by atoms with Gasteiger partial charge in [-0.1, -0.05) is 91.0 Å². The number of carboxylic acids is 2. The summed E-state index contributed by atoms with van der Waals surface area (Å²) in [6.45, 7) is 1.50. The van der Waals surface area contributed by atoms with Crippen LogP contribution in [0.5, 0.6) is 0 Å². The zero-order chi connectivity index (χ0) is 27.1. The van der Waals surface area contributed by atoms with E-state index >= 15 is 0 Å². The molecule has 5 aromatic rings. The van der Waals surface area contributed by atoms with Crippen LogP contribution in [0.1, 0.15) is 43.0 Å². The van der Waals surface area contributed by atoms with Crippen molar-refractivity contribution in [3.8, 4) is 0 Å². The molecule has 0 radical (unpaired) electrons. The number of aromatic carboxylic acids is 2. The van der Waals surface area contributed by atoms with Crippen LogP contribution in [0, 0.1) is 10.5 Å². The van der Waals surface area contributed by atoms with E-state index in [9.17, 15) is 9.59 Å². The van der Waals surface area contributed by atoms with Gasteiger partial charge >= 0.3 is 11.9 Å². The summed E-state index contributed by atoms with van der Waals surface area (Å²) in [5, 5.41) is 17.6. The minimum Gasteiger partial charge on any atom is -0.478 e. The first-order valence-electron chi connectivity index (χ1n) is 11.8. The molecule has 0 saturated heterocycles. The molecule has 0 unspecified atom stereocenters. The highest BCUT2D eigenvalue weighted by atomic mass is 127. The Morgan fingerprint density at radius 2 is 1.21 bits per heavy atom. The Kier molecular flexibility index (Phi) is 8.38. The Balaban J connectivity index is 0.000000206. The van der Waals surface area contributed by atoms with Crippen molar-refractivity contribution in [1.82, 2.24) is 9.55 Å². The van der Waals surface area contributed by atoms with Crippen LogP contribution >= 0.6 is 22.6 Å². The number of aromatic nitrogens is 2. The minimum atomic E-state index is -1.11. The van der Waals surface area contributed by atoms with E-state index in [1.807, 2.05) is 41.3 Å². The van der Waals surface area contributed by atoms with E-state index in [2.05, 4.69) is 101 Å². The predicted octanol–water partition coefficient (Wildman–Crippen LogP) is 6.72. The van der Waals surface area contributed by atoms with E-state index in [1.165, 1.54) is 35.7 Å². The van der Waals surface area contributed by atoms with E-state index in [0.29, 0.717) is 3.57 Å².